The van der Waals surface area contributed by atoms with Gasteiger partial charge in [-0.05, 0) is 17.7 Å². The number of nitrogens with zero attached hydrogens (tertiary/aromatic N) is 1. The molecule has 0 aromatic heterocycles. The number of carboxylic acid groups (broad SMARTS) is 1. The average Bonchev–Trinajstić information content (AvgIpc) is 2.60. The number of amides is 1. The Hall–Kier alpha value is -2.48. The number of hydrogen-bond acceptors (Lipinski definition) is 6. The van der Waals surface area contributed by atoms with Crippen molar-refractivity contribution in [1.29, 1.82) is 0 Å². The van der Waals surface area contributed by atoms with Crippen LogP contribution in [0, 0.1) is 0 Å². The van der Waals surface area contributed by atoms with Crippen LogP contribution in [0.3, 0.4) is 0 Å². The molecule has 0 bridgehead atoms. The maximum atomic E-state index is 12.5. The Morgan fingerprint density at radius 3 is 2.33 bits per heavy atom. The maximum absolute atomic E-state index is 12.5. The van der Waals surface area contributed by atoms with Crippen molar-refractivity contribution in [2.45, 2.75) is 12.5 Å². The second-order valence-corrected chi connectivity index (χ2v) is 5.40. The summed E-state index contributed by atoms with van der Waals surface area (Å²) >= 11 is 0. The summed E-state index contributed by atoms with van der Waals surface area (Å²) in [5, 5.41) is 11.9. The molecule has 1 heterocycles. The molecule has 8 heteroatoms. The van der Waals surface area contributed by atoms with Gasteiger partial charge in [0.15, 0.2) is 11.5 Å². The minimum Gasteiger partial charge on any atom is -0.493 e. The molecule has 0 aliphatic carbocycles. The molecule has 1 aromatic rings. The van der Waals surface area contributed by atoms with Crippen molar-refractivity contribution in [3.8, 4) is 17.2 Å². The van der Waals surface area contributed by atoms with Crippen molar-refractivity contribution in [3.05, 3.63) is 17.7 Å². The van der Waals surface area contributed by atoms with Crippen molar-refractivity contribution in [2.75, 3.05) is 41.0 Å². The van der Waals surface area contributed by atoms with Crippen LogP contribution in [0.5, 0.6) is 17.2 Å². The van der Waals surface area contributed by atoms with E-state index in [2.05, 4.69) is 5.32 Å². The molecule has 24 heavy (non-hydrogen) atoms. The van der Waals surface area contributed by atoms with Crippen LogP contribution in [-0.2, 0) is 16.0 Å². The lowest BCUT2D eigenvalue weighted by atomic mass is 10.1. The lowest BCUT2D eigenvalue weighted by molar-refractivity contribution is -0.142. The standard InChI is InChI=1S/C16H22N2O6/c1-22-12-6-10(7-13(23-2)15(12)24-3)8-14(19)18-5-4-17-11(9-18)16(20)21/h6-7,11,17H,4-5,8-9H2,1-3H3,(H,20,21). The summed E-state index contributed by atoms with van der Waals surface area (Å²) in [6, 6.07) is 2.70. The summed E-state index contributed by atoms with van der Waals surface area (Å²) in [7, 11) is 4.53. The highest BCUT2D eigenvalue weighted by Crippen LogP contribution is 2.38. The fraction of sp³-hybridized carbons (Fsp3) is 0.500. The van der Waals surface area contributed by atoms with Gasteiger partial charge in [-0.1, -0.05) is 0 Å². The number of piperazine rings is 1. The van der Waals surface area contributed by atoms with Crippen LogP contribution in [0.4, 0.5) is 0 Å². The topological polar surface area (TPSA) is 97.3 Å². The lowest BCUT2D eigenvalue weighted by Gasteiger charge is -2.31. The molecule has 1 fully saturated rings. The number of nitrogens with one attached hydrogen (secondary N) is 1. The Morgan fingerprint density at radius 2 is 1.83 bits per heavy atom. The van der Waals surface area contributed by atoms with Crippen molar-refractivity contribution in [2.24, 2.45) is 0 Å². The third-order valence-corrected chi connectivity index (χ3v) is 3.91. The number of aliphatic carboxylic acids is 1. The van der Waals surface area contributed by atoms with Gasteiger partial charge >= 0.3 is 5.97 Å². The molecule has 1 aromatic carbocycles. The highest BCUT2D eigenvalue weighted by molar-refractivity contribution is 5.81. The third kappa shape index (κ3) is 3.88. The van der Waals surface area contributed by atoms with Crippen LogP contribution in [0.2, 0.25) is 0 Å². The first-order valence-corrected chi connectivity index (χ1v) is 7.53. The highest BCUT2D eigenvalue weighted by atomic mass is 16.5. The van der Waals surface area contributed by atoms with E-state index in [1.165, 1.54) is 21.3 Å². The Labute approximate surface area is 140 Å². The highest BCUT2D eigenvalue weighted by Gasteiger charge is 2.28. The van der Waals surface area contributed by atoms with Gasteiger partial charge in [0.25, 0.3) is 0 Å². The zero-order chi connectivity index (χ0) is 17.7. The molecule has 1 atom stereocenters. The summed E-state index contributed by atoms with van der Waals surface area (Å²) in [5.74, 6) is 0.313. The summed E-state index contributed by atoms with van der Waals surface area (Å²) in [6.45, 7) is 1.09. The van der Waals surface area contributed by atoms with Crippen LogP contribution < -0.4 is 19.5 Å². The molecular formula is C16H22N2O6. The number of methoxy groups -OCH3 is 3. The van der Waals surface area contributed by atoms with Gasteiger partial charge in [0.2, 0.25) is 11.7 Å². The summed E-state index contributed by atoms with van der Waals surface area (Å²) in [4.78, 5) is 25.1. The molecular weight excluding hydrogens is 316 g/mol. The van der Waals surface area contributed by atoms with Gasteiger partial charge in [-0.2, -0.15) is 0 Å². The van der Waals surface area contributed by atoms with E-state index in [-0.39, 0.29) is 18.9 Å². The molecule has 1 saturated heterocycles. The third-order valence-electron chi connectivity index (χ3n) is 3.91. The summed E-state index contributed by atoms with van der Waals surface area (Å²) in [5.41, 5.74) is 0.708. The SMILES string of the molecule is COc1cc(CC(=O)N2CCNC(C(=O)O)C2)cc(OC)c1OC. The molecule has 0 saturated carbocycles. The minimum atomic E-state index is -0.958. The number of ether oxygens (including phenoxy) is 3. The first-order chi connectivity index (χ1) is 11.5. The number of carbonyl (C=O) groups excluding carboxylic acids is 1. The van der Waals surface area contributed by atoms with E-state index in [1.54, 1.807) is 17.0 Å². The average molecular weight is 338 g/mol. The molecule has 1 aliphatic heterocycles. The van der Waals surface area contributed by atoms with Crippen molar-refractivity contribution < 1.29 is 28.9 Å². The van der Waals surface area contributed by atoms with E-state index in [9.17, 15) is 9.59 Å². The fourth-order valence-corrected chi connectivity index (χ4v) is 2.67. The maximum Gasteiger partial charge on any atom is 0.322 e. The predicted octanol–water partition coefficient (Wildman–Crippen LogP) is 0.140. The van der Waals surface area contributed by atoms with E-state index < -0.39 is 12.0 Å². The van der Waals surface area contributed by atoms with E-state index in [4.69, 9.17) is 19.3 Å². The quantitative estimate of drug-likeness (QED) is 0.761. The Morgan fingerprint density at radius 1 is 1.21 bits per heavy atom. The minimum absolute atomic E-state index is 0.128. The predicted molar refractivity (Wildman–Crippen MR) is 85.8 cm³/mol. The molecule has 2 N–H and O–H groups in total. The normalized spacial score (nSPS) is 17.3. The van der Waals surface area contributed by atoms with Crippen LogP contribution in [0.1, 0.15) is 5.56 Å². The largest absolute Gasteiger partial charge is 0.493 e. The number of carbonyl (C=O) groups is 2. The van der Waals surface area contributed by atoms with E-state index in [0.29, 0.717) is 35.9 Å². The van der Waals surface area contributed by atoms with Gasteiger partial charge in [-0.25, -0.2) is 0 Å². The Balaban J connectivity index is 2.15. The van der Waals surface area contributed by atoms with E-state index in [1.807, 2.05) is 0 Å². The molecule has 8 nitrogen and oxygen atoms in total. The van der Waals surface area contributed by atoms with E-state index in [0.717, 1.165) is 0 Å². The molecule has 1 unspecified atom stereocenters. The number of benzene rings is 1. The van der Waals surface area contributed by atoms with Gasteiger partial charge in [-0.3, -0.25) is 9.59 Å². The summed E-state index contributed by atoms with van der Waals surface area (Å²) in [6.07, 6.45) is 0.128. The van der Waals surface area contributed by atoms with E-state index >= 15 is 0 Å². The van der Waals surface area contributed by atoms with Crippen molar-refractivity contribution in [1.82, 2.24) is 10.2 Å². The number of carboxylic acids is 1. The van der Waals surface area contributed by atoms with Gasteiger partial charge in [0, 0.05) is 19.6 Å². The fourth-order valence-electron chi connectivity index (χ4n) is 2.67. The molecule has 132 valence electrons. The van der Waals surface area contributed by atoms with Crippen LogP contribution in [-0.4, -0.2) is 68.9 Å². The second kappa shape index (κ2) is 7.87. The zero-order valence-electron chi connectivity index (χ0n) is 14.0. The van der Waals surface area contributed by atoms with Crippen LogP contribution in [0.15, 0.2) is 12.1 Å². The van der Waals surface area contributed by atoms with Crippen molar-refractivity contribution in [3.63, 3.8) is 0 Å². The van der Waals surface area contributed by atoms with Gasteiger partial charge in [0.1, 0.15) is 6.04 Å². The lowest BCUT2D eigenvalue weighted by Crippen LogP contribution is -2.56. The monoisotopic (exact) mass is 338 g/mol. The molecule has 2 rings (SSSR count). The van der Waals surface area contributed by atoms with Crippen LogP contribution >= 0.6 is 0 Å². The van der Waals surface area contributed by atoms with Gasteiger partial charge in [0.05, 0.1) is 27.8 Å². The molecule has 1 amide bonds. The second-order valence-electron chi connectivity index (χ2n) is 5.40. The smallest absolute Gasteiger partial charge is 0.322 e. The number of hydrogen-bond donors (Lipinski definition) is 2. The first-order valence-electron chi connectivity index (χ1n) is 7.53. The summed E-state index contributed by atoms with van der Waals surface area (Å²) < 4.78 is 15.8. The van der Waals surface area contributed by atoms with Crippen molar-refractivity contribution >= 4 is 11.9 Å². The Bertz CT molecular complexity index is 594. The Kier molecular flexibility index (Phi) is 5.86. The molecule has 0 spiro atoms. The molecule has 0 radical (unpaired) electrons. The van der Waals surface area contributed by atoms with Gasteiger partial charge < -0.3 is 29.5 Å². The van der Waals surface area contributed by atoms with Crippen LogP contribution in [0.25, 0.3) is 0 Å². The first kappa shape index (κ1) is 17.9. The van der Waals surface area contributed by atoms with Gasteiger partial charge in [-0.15, -0.1) is 0 Å². The molecule has 1 aliphatic rings. The number of rotatable bonds is 6. The zero-order valence-corrected chi connectivity index (χ0v) is 14.0.